The number of carboxylic acid groups (broad SMARTS) is 1. The first-order valence-corrected chi connectivity index (χ1v) is 11.2. The van der Waals surface area contributed by atoms with Crippen LogP contribution in [0.15, 0.2) is 22.6 Å². The van der Waals surface area contributed by atoms with Gasteiger partial charge in [0.1, 0.15) is 5.52 Å². The Kier molecular flexibility index (Phi) is 11.2. The number of hydrogen-bond acceptors (Lipinski definition) is 5. The summed E-state index contributed by atoms with van der Waals surface area (Å²) in [6.07, 6.45) is 13.3. The molecule has 1 saturated heterocycles. The van der Waals surface area contributed by atoms with Crippen molar-refractivity contribution in [3.63, 3.8) is 0 Å². The maximum atomic E-state index is 8.36. The molecule has 6 heteroatoms. The topological polar surface area (TPSA) is 87.4 Å². The third kappa shape index (κ3) is 8.86. The Hall–Kier alpha value is -2.08. The van der Waals surface area contributed by atoms with Gasteiger partial charge in [0.05, 0.1) is 0 Å². The van der Waals surface area contributed by atoms with Crippen molar-refractivity contribution in [3.05, 3.63) is 23.8 Å². The second kappa shape index (κ2) is 14.0. The zero-order valence-corrected chi connectivity index (χ0v) is 17.8. The summed E-state index contributed by atoms with van der Waals surface area (Å²) in [4.78, 5) is 12.9. The van der Waals surface area contributed by atoms with Crippen molar-refractivity contribution in [3.8, 4) is 0 Å². The van der Waals surface area contributed by atoms with Crippen molar-refractivity contribution < 1.29 is 14.3 Å². The number of anilines is 1. The highest BCUT2D eigenvalue weighted by Crippen LogP contribution is 2.22. The molecule has 1 fully saturated rings. The fourth-order valence-corrected chi connectivity index (χ4v) is 3.78. The summed E-state index contributed by atoms with van der Waals surface area (Å²) in [6, 6.07) is 7.14. The second-order valence-electron chi connectivity index (χ2n) is 7.89. The predicted molar refractivity (Wildman–Crippen MR) is 118 cm³/mol. The third-order valence-corrected chi connectivity index (χ3v) is 5.48. The van der Waals surface area contributed by atoms with Crippen LogP contribution in [0.2, 0.25) is 0 Å². The van der Waals surface area contributed by atoms with Gasteiger partial charge in [0, 0.05) is 6.54 Å². The number of nitrogens with one attached hydrogen (secondary N) is 2. The van der Waals surface area contributed by atoms with Crippen LogP contribution < -0.4 is 10.6 Å². The van der Waals surface area contributed by atoms with Crippen molar-refractivity contribution in [2.75, 3.05) is 25.0 Å². The quantitative estimate of drug-likeness (QED) is 0.332. The molecule has 29 heavy (non-hydrogen) atoms. The van der Waals surface area contributed by atoms with Crippen molar-refractivity contribution >= 4 is 23.6 Å². The zero-order chi connectivity index (χ0) is 20.7. The Morgan fingerprint density at radius 2 is 1.93 bits per heavy atom. The Morgan fingerprint density at radius 1 is 1.21 bits per heavy atom. The van der Waals surface area contributed by atoms with Crippen LogP contribution in [0.25, 0.3) is 11.1 Å². The third-order valence-electron chi connectivity index (χ3n) is 5.48. The lowest BCUT2D eigenvalue weighted by atomic mass is 10.0. The number of unbranched alkanes of at least 4 members (excludes halogenated alkanes) is 7. The van der Waals surface area contributed by atoms with E-state index in [2.05, 4.69) is 40.7 Å². The summed E-state index contributed by atoms with van der Waals surface area (Å²) in [5.41, 5.74) is 3.23. The predicted octanol–water partition coefficient (Wildman–Crippen LogP) is 5.23. The SMILES string of the molecule is CCCCCCCCCCc1ccc2nc(NC[C@H]3CCNC3)oc2c1.O=CO. The highest BCUT2D eigenvalue weighted by atomic mass is 16.4. The lowest BCUT2D eigenvalue weighted by Crippen LogP contribution is -2.17. The molecule has 0 aliphatic carbocycles. The van der Waals surface area contributed by atoms with Crippen LogP contribution >= 0.6 is 0 Å². The highest BCUT2D eigenvalue weighted by molar-refractivity contribution is 5.75. The standard InChI is InChI=1S/C22H35N3O.CH2O2/c1-2-3-4-5-6-7-8-9-10-18-11-12-20-21(15-18)26-22(25-20)24-17-19-13-14-23-16-19;2-1-3/h11-12,15,19,23H,2-10,13-14,16-17H2,1H3,(H,24,25);1H,(H,2,3)/t19-;/m0./s1. The van der Waals surface area contributed by atoms with E-state index in [1.807, 2.05) is 0 Å². The van der Waals surface area contributed by atoms with E-state index < -0.39 is 0 Å². The Morgan fingerprint density at radius 3 is 2.62 bits per heavy atom. The van der Waals surface area contributed by atoms with E-state index in [1.165, 1.54) is 63.4 Å². The summed E-state index contributed by atoms with van der Waals surface area (Å²) in [5.74, 6) is 0.683. The van der Waals surface area contributed by atoms with Crippen LogP contribution in [0, 0.1) is 5.92 Å². The average Bonchev–Trinajstić information content (AvgIpc) is 3.38. The van der Waals surface area contributed by atoms with Gasteiger partial charge in [-0.25, -0.2) is 0 Å². The lowest BCUT2D eigenvalue weighted by Gasteiger charge is -2.07. The normalized spacial score (nSPS) is 15.8. The molecule has 1 aromatic carbocycles. The van der Waals surface area contributed by atoms with Crippen LogP contribution in [0.4, 0.5) is 6.01 Å². The number of oxazole rings is 1. The van der Waals surface area contributed by atoms with E-state index in [0.717, 1.165) is 37.2 Å². The number of rotatable bonds is 12. The van der Waals surface area contributed by atoms with Gasteiger partial charge in [0.2, 0.25) is 0 Å². The van der Waals surface area contributed by atoms with Gasteiger partial charge >= 0.3 is 0 Å². The van der Waals surface area contributed by atoms with Crippen LogP contribution in [0.3, 0.4) is 0 Å². The molecular weight excluding hydrogens is 366 g/mol. The van der Waals surface area contributed by atoms with Gasteiger partial charge in [-0.2, -0.15) is 4.98 Å². The molecule has 6 nitrogen and oxygen atoms in total. The number of hydrogen-bond donors (Lipinski definition) is 3. The van der Waals surface area contributed by atoms with Gasteiger partial charge in [-0.05, 0) is 56.0 Å². The summed E-state index contributed by atoms with van der Waals surface area (Å²) < 4.78 is 5.91. The zero-order valence-electron chi connectivity index (χ0n) is 17.8. The molecule has 3 rings (SSSR count). The van der Waals surface area contributed by atoms with E-state index in [0.29, 0.717) is 11.9 Å². The molecule has 1 atom stereocenters. The monoisotopic (exact) mass is 403 g/mol. The van der Waals surface area contributed by atoms with E-state index in [1.54, 1.807) is 0 Å². The van der Waals surface area contributed by atoms with Crippen LogP contribution in [-0.2, 0) is 11.2 Å². The summed E-state index contributed by atoms with van der Waals surface area (Å²) in [5, 5.41) is 13.6. The van der Waals surface area contributed by atoms with Gasteiger partial charge in [-0.15, -0.1) is 0 Å². The number of fused-ring (bicyclic) bond motifs is 1. The molecule has 0 unspecified atom stereocenters. The fraction of sp³-hybridized carbons (Fsp3) is 0.652. The highest BCUT2D eigenvalue weighted by Gasteiger charge is 2.15. The summed E-state index contributed by atoms with van der Waals surface area (Å²) in [6.45, 7) is 5.18. The molecule has 0 saturated carbocycles. The molecule has 0 bridgehead atoms. The largest absolute Gasteiger partial charge is 0.483 e. The van der Waals surface area contributed by atoms with Crippen molar-refractivity contribution in [2.45, 2.75) is 71.1 Å². The summed E-state index contributed by atoms with van der Waals surface area (Å²) in [7, 11) is 0. The molecule has 1 aliphatic rings. The first kappa shape index (κ1) is 23.2. The van der Waals surface area contributed by atoms with E-state index in [9.17, 15) is 0 Å². The molecule has 2 heterocycles. The van der Waals surface area contributed by atoms with Gasteiger partial charge in [-0.1, -0.05) is 57.9 Å². The Bertz CT molecular complexity index is 696. The van der Waals surface area contributed by atoms with E-state index >= 15 is 0 Å². The van der Waals surface area contributed by atoms with Crippen molar-refractivity contribution in [1.29, 1.82) is 0 Å². The minimum absolute atomic E-state index is 0.250. The van der Waals surface area contributed by atoms with E-state index in [-0.39, 0.29) is 6.47 Å². The maximum absolute atomic E-state index is 8.36. The molecule has 0 radical (unpaired) electrons. The molecule has 3 N–H and O–H groups in total. The number of aryl methyl sites for hydroxylation is 1. The van der Waals surface area contributed by atoms with Gasteiger partial charge in [0.15, 0.2) is 5.58 Å². The molecule has 2 aromatic rings. The average molecular weight is 404 g/mol. The smallest absolute Gasteiger partial charge is 0.295 e. The Labute approximate surface area is 174 Å². The van der Waals surface area contributed by atoms with Crippen molar-refractivity contribution in [1.82, 2.24) is 10.3 Å². The molecule has 162 valence electrons. The maximum Gasteiger partial charge on any atom is 0.295 e. The minimum Gasteiger partial charge on any atom is -0.483 e. The number of aromatic nitrogens is 1. The lowest BCUT2D eigenvalue weighted by molar-refractivity contribution is -0.122. The minimum atomic E-state index is -0.250. The van der Waals surface area contributed by atoms with Crippen LogP contribution in [-0.4, -0.2) is 36.2 Å². The Balaban J connectivity index is 0.000000941. The first-order valence-electron chi connectivity index (χ1n) is 11.2. The molecule has 0 amide bonds. The first-order chi connectivity index (χ1) is 14.3. The molecule has 1 aliphatic heterocycles. The molecular formula is C23H37N3O3. The number of carbonyl (C=O) groups is 1. The summed E-state index contributed by atoms with van der Waals surface area (Å²) >= 11 is 0. The fourth-order valence-electron chi connectivity index (χ4n) is 3.78. The molecule has 1 aromatic heterocycles. The van der Waals surface area contributed by atoms with Gasteiger partial charge in [0.25, 0.3) is 12.5 Å². The van der Waals surface area contributed by atoms with Gasteiger partial charge in [-0.3, -0.25) is 4.79 Å². The van der Waals surface area contributed by atoms with Gasteiger partial charge < -0.3 is 20.2 Å². The number of nitrogens with zero attached hydrogens (tertiary/aromatic N) is 1. The van der Waals surface area contributed by atoms with Crippen molar-refractivity contribution in [2.24, 2.45) is 5.92 Å². The van der Waals surface area contributed by atoms with E-state index in [4.69, 9.17) is 14.3 Å². The van der Waals surface area contributed by atoms with Crippen LogP contribution in [0.5, 0.6) is 0 Å². The second-order valence-corrected chi connectivity index (χ2v) is 7.89. The number of benzene rings is 1. The molecule has 0 spiro atoms. The van der Waals surface area contributed by atoms with Crippen LogP contribution in [0.1, 0.15) is 70.3 Å².